The minimum Gasteiger partial charge on any atom is -0.497 e. The molecule has 0 fully saturated rings. The van der Waals surface area contributed by atoms with Crippen molar-refractivity contribution in [2.75, 3.05) is 19.5 Å². The van der Waals surface area contributed by atoms with E-state index in [1.165, 1.54) is 11.3 Å². The molecule has 2 aromatic heterocycles. The van der Waals surface area contributed by atoms with Gasteiger partial charge in [-0.1, -0.05) is 16.7 Å². The van der Waals surface area contributed by atoms with E-state index in [0.29, 0.717) is 21.4 Å². The summed E-state index contributed by atoms with van der Waals surface area (Å²) in [4.78, 5) is 12.9. The Morgan fingerprint density at radius 2 is 1.92 bits per heavy atom. The molecule has 25 heavy (non-hydrogen) atoms. The van der Waals surface area contributed by atoms with Gasteiger partial charge in [-0.3, -0.25) is 10.1 Å². The van der Waals surface area contributed by atoms with Crippen LogP contribution >= 0.6 is 22.9 Å². The van der Waals surface area contributed by atoms with Crippen LogP contribution in [0.2, 0.25) is 4.34 Å². The van der Waals surface area contributed by atoms with Gasteiger partial charge in [0.15, 0.2) is 0 Å². The fourth-order valence-electron chi connectivity index (χ4n) is 2.09. The molecule has 0 aliphatic carbocycles. The van der Waals surface area contributed by atoms with E-state index in [1.807, 2.05) is 0 Å². The Balaban J connectivity index is 1.73. The molecule has 130 valence electrons. The number of methoxy groups -OCH3 is 2. The van der Waals surface area contributed by atoms with Gasteiger partial charge in [-0.05, 0) is 24.3 Å². The zero-order chi connectivity index (χ0) is 17.8. The molecule has 1 amide bonds. The molecule has 0 aliphatic heterocycles. The normalized spacial score (nSPS) is 10.5. The summed E-state index contributed by atoms with van der Waals surface area (Å²) >= 11 is 7.20. The van der Waals surface area contributed by atoms with Gasteiger partial charge >= 0.3 is 6.01 Å². The number of amides is 1. The van der Waals surface area contributed by atoms with E-state index in [-0.39, 0.29) is 24.2 Å². The number of hydrogen-bond donors (Lipinski definition) is 1. The summed E-state index contributed by atoms with van der Waals surface area (Å²) in [5, 5.41) is 10.3. The van der Waals surface area contributed by atoms with Gasteiger partial charge in [0, 0.05) is 16.5 Å². The van der Waals surface area contributed by atoms with E-state index < -0.39 is 0 Å². The van der Waals surface area contributed by atoms with Gasteiger partial charge in [-0.25, -0.2) is 0 Å². The van der Waals surface area contributed by atoms with Crippen LogP contribution in [0.5, 0.6) is 11.5 Å². The summed E-state index contributed by atoms with van der Waals surface area (Å²) in [6.45, 7) is 0. The topological polar surface area (TPSA) is 86.5 Å². The molecule has 0 unspecified atom stereocenters. The fraction of sp³-hybridized carbons (Fsp3) is 0.188. The maximum absolute atomic E-state index is 12.0. The van der Waals surface area contributed by atoms with Crippen LogP contribution in [0.25, 0.3) is 11.5 Å². The first-order chi connectivity index (χ1) is 12.1. The first kappa shape index (κ1) is 17.2. The first-order valence-corrected chi connectivity index (χ1v) is 8.38. The van der Waals surface area contributed by atoms with Crippen molar-refractivity contribution in [3.05, 3.63) is 39.5 Å². The number of ether oxygens (including phenoxy) is 2. The molecule has 0 saturated heterocycles. The number of halogens is 1. The molecule has 7 nitrogen and oxygen atoms in total. The van der Waals surface area contributed by atoms with E-state index in [1.54, 1.807) is 44.6 Å². The number of anilines is 1. The van der Waals surface area contributed by atoms with Gasteiger partial charge in [0.2, 0.25) is 11.8 Å². The third kappa shape index (κ3) is 4.28. The lowest BCUT2D eigenvalue weighted by Crippen LogP contribution is -2.13. The number of nitrogens with zero attached hydrogens (tertiary/aromatic N) is 2. The lowest BCUT2D eigenvalue weighted by atomic mass is 10.2. The largest absolute Gasteiger partial charge is 0.497 e. The van der Waals surface area contributed by atoms with Gasteiger partial charge in [-0.15, -0.1) is 16.4 Å². The Hall–Kier alpha value is -2.58. The molecular formula is C16H14ClN3O4S. The van der Waals surface area contributed by atoms with E-state index in [4.69, 9.17) is 25.5 Å². The lowest BCUT2D eigenvalue weighted by molar-refractivity contribution is -0.115. The average Bonchev–Trinajstić information content (AvgIpc) is 3.23. The van der Waals surface area contributed by atoms with Crippen LogP contribution in [0, 0.1) is 0 Å². The van der Waals surface area contributed by atoms with Crippen molar-refractivity contribution in [3.8, 4) is 23.0 Å². The van der Waals surface area contributed by atoms with Gasteiger partial charge in [-0.2, -0.15) is 0 Å². The fourth-order valence-corrected chi connectivity index (χ4v) is 3.18. The number of nitrogens with one attached hydrogen (secondary N) is 1. The number of rotatable bonds is 6. The van der Waals surface area contributed by atoms with Crippen molar-refractivity contribution < 1.29 is 18.7 Å². The summed E-state index contributed by atoms with van der Waals surface area (Å²) in [6, 6.07) is 8.76. The molecule has 3 aromatic rings. The predicted octanol–water partition coefficient (Wildman–Crippen LogP) is 3.65. The van der Waals surface area contributed by atoms with Crippen LogP contribution in [0.3, 0.4) is 0 Å². The van der Waals surface area contributed by atoms with Crippen LogP contribution in [-0.4, -0.2) is 30.3 Å². The molecule has 9 heteroatoms. The van der Waals surface area contributed by atoms with E-state index >= 15 is 0 Å². The zero-order valence-electron chi connectivity index (χ0n) is 13.4. The third-order valence-electron chi connectivity index (χ3n) is 3.23. The Kier molecular flexibility index (Phi) is 5.20. The Labute approximate surface area is 152 Å². The van der Waals surface area contributed by atoms with Crippen LogP contribution in [0.15, 0.2) is 34.7 Å². The molecule has 0 bridgehead atoms. The number of thiophene rings is 1. The monoisotopic (exact) mass is 379 g/mol. The highest BCUT2D eigenvalue weighted by Crippen LogP contribution is 2.29. The summed E-state index contributed by atoms with van der Waals surface area (Å²) < 4.78 is 16.5. The third-order valence-corrected chi connectivity index (χ3v) is 4.46. The van der Waals surface area contributed by atoms with Crippen molar-refractivity contribution in [3.63, 3.8) is 0 Å². The molecule has 0 radical (unpaired) electrons. The zero-order valence-corrected chi connectivity index (χ0v) is 15.0. The highest BCUT2D eigenvalue weighted by Gasteiger charge is 2.14. The number of benzene rings is 1. The highest BCUT2D eigenvalue weighted by molar-refractivity contribution is 7.16. The molecule has 1 aromatic carbocycles. The SMILES string of the molecule is COc1cc(OC)cc(-c2nnc(NC(=O)Cc3ccc(Cl)s3)o2)c1. The van der Waals surface area contributed by atoms with Gasteiger partial charge in [0.05, 0.1) is 25.0 Å². The second kappa shape index (κ2) is 7.54. The van der Waals surface area contributed by atoms with Crippen molar-refractivity contribution in [2.45, 2.75) is 6.42 Å². The minimum atomic E-state index is -0.267. The number of aromatic nitrogens is 2. The van der Waals surface area contributed by atoms with Crippen molar-refractivity contribution in [1.82, 2.24) is 10.2 Å². The highest BCUT2D eigenvalue weighted by atomic mass is 35.5. The minimum absolute atomic E-state index is 0.0180. The van der Waals surface area contributed by atoms with Gasteiger partial charge in [0.1, 0.15) is 11.5 Å². The quantitative estimate of drug-likeness (QED) is 0.703. The van der Waals surface area contributed by atoms with Gasteiger partial charge in [0.25, 0.3) is 0 Å². The van der Waals surface area contributed by atoms with Crippen molar-refractivity contribution >= 4 is 34.9 Å². The second-order valence-corrected chi connectivity index (χ2v) is 6.74. The van der Waals surface area contributed by atoms with Crippen molar-refractivity contribution in [2.24, 2.45) is 0 Å². The number of hydrogen-bond acceptors (Lipinski definition) is 7. The average molecular weight is 380 g/mol. The van der Waals surface area contributed by atoms with Crippen molar-refractivity contribution in [1.29, 1.82) is 0 Å². The molecule has 0 aliphatic rings. The van der Waals surface area contributed by atoms with Crippen LogP contribution in [0.4, 0.5) is 6.01 Å². The second-order valence-electron chi connectivity index (χ2n) is 4.94. The maximum Gasteiger partial charge on any atom is 0.322 e. The Morgan fingerprint density at radius 3 is 2.52 bits per heavy atom. The number of carbonyl (C=O) groups excluding carboxylic acids is 1. The molecule has 0 atom stereocenters. The van der Waals surface area contributed by atoms with E-state index in [2.05, 4.69) is 15.5 Å². The van der Waals surface area contributed by atoms with E-state index in [0.717, 1.165) is 4.88 Å². The smallest absolute Gasteiger partial charge is 0.322 e. The van der Waals surface area contributed by atoms with Gasteiger partial charge < -0.3 is 13.9 Å². The van der Waals surface area contributed by atoms with Crippen LogP contribution in [0.1, 0.15) is 4.88 Å². The Bertz CT molecular complexity index is 871. The van der Waals surface area contributed by atoms with Crippen LogP contribution < -0.4 is 14.8 Å². The molecule has 0 saturated carbocycles. The molecule has 2 heterocycles. The standard InChI is InChI=1S/C16H14ClN3O4S/c1-22-10-5-9(6-11(7-10)23-2)15-19-20-16(24-15)18-14(21)8-12-3-4-13(17)25-12/h3-7H,8H2,1-2H3,(H,18,20,21). The number of carbonyl (C=O) groups is 1. The summed E-state index contributed by atoms with van der Waals surface area (Å²) in [5.74, 6) is 1.16. The molecule has 3 rings (SSSR count). The van der Waals surface area contributed by atoms with Crippen LogP contribution in [-0.2, 0) is 11.2 Å². The summed E-state index contributed by atoms with van der Waals surface area (Å²) in [5.41, 5.74) is 0.620. The summed E-state index contributed by atoms with van der Waals surface area (Å²) in [7, 11) is 3.10. The lowest BCUT2D eigenvalue weighted by Gasteiger charge is -2.05. The van der Waals surface area contributed by atoms with E-state index in [9.17, 15) is 4.79 Å². The molecule has 1 N–H and O–H groups in total. The summed E-state index contributed by atoms with van der Waals surface area (Å²) in [6.07, 6.45) is 0.183. The molecule has 0 spiro atoms. The molecular weight excluding hydrogens is 366 g/mol. The Morgan fingerprint density at radius 1 is 1.20 bits per heavy atom. The predicted molar refractivity (Wildman–Crippen MR) is 94.5 cm³/mol. The first-order valence-electron chi connectivity index (χ1n) is 7.18. The maximum atomic E-state index is 12.0.